The monoisotopic (exact) mass is 233 g/mol. The Bertz CT molecular complexity index is 468. The fourth-order valence-corrected chi connectivity index (χ4v) is 2.49. The Morgan fingerprint density at radius 3 is 2.53 bits per heavy atom. The first-order valence-corrected chi connectivity index (χ1v) is 6.49. The maximum atomic E-state index is 11.6. The quantitative estimate of drug-likeness (QED) is 0.846. The molecule has 2 fully saturated rings. The van der Waals surface area contributed by atoms with Gasteiger partial charge in [-0.1, -0.05) is 13.8 Å². The van der Waals surface area contributed by atoms with Crippen LogP contribution in [0.15, 0.2) is 10.9 Å². The molecule has 1 N–H and O–H groups in total. The lowest BCUT2D eigenvalue weighted by Crippen LogP contribution is -2.24. The predicted molar refractivity (Wildman–Crippen MR) is 67.4 cm³/mol. The number of aromatic nitrogens is 2. The number of anilines is 1. The van der Waals surface area contributed by atoms with Crippen molar-refractivity contribution in [3.8, 4) is 0 Å². The van der Waals surface area contributed by atoms with Crippen molar-refractivity contribution in [3.05, 3.63) is 22.2 Å². The molecule has 0 bridgehead atoms. The average Bonchev–Trinajstić information content (AvgIpc) is 3.06. The Hall–Kier alpha value is -1.32. The molecule has 1 saturated heterocycles. The second-order valence-electron chi connectivity index (χ2n) is 5.62. The zero-order valence-corrected chi connectivity index (χ0v) is 10.4. The lowest BCUT2D eigenvalue weighted by molar-refractivity contribution is 0.494. The Morgan fingerprint density at radius 1 is 1.29 bits per heavy atom. The van der Waals surface area contributed by atoms with Gasteiger partial charge in [-0.15, -0.1) is 0 Å². The number of rotatable bonds is 2. The molecule has 0 amide bonds. The topological polar surface area (TPSA) is 49.0 Å². The summed E-state index contributed by atoms with van der Waals surface area (Å²) in [6, 6.07) is 1.64. The van der Waals surface area contributed by atoms with E-state index in [9.17, 15) is 4.79 Å². The highest BCUT2D eigenvalue weighted by atomic mass is 16.1. The maximum Gasteiger partial charge on any atom is 0.252 e. The number of hydrogen-bond acceptors (Lipinski definition) is 3. The van der Waals surface area contributed by atoms with Crippen molar-refractivity contribution in [1.29, 1.82) is 0 Å². The van der Waals surface area contributed by atoms with Crippen molar-refractivity contribution in [3.63, 3.8) is 0 Å². The summed E-state index contributed by atoms with van der Waals surface area (Å²) in [5.74, 6) is 3.62. The minimum Gasteiger partial charge on any atom is -0.356 e. The lowest BCUT2D eigenvalue weighted by Gasteiger charge is -2.17. The second-order valence-corrected chi connectivity index (χ2v) is 5.62. The third-order valence-electron chi connectivity index (χ3n) is 4.02. The van der Waals surface area contributed by atoms with Crippen molar-refractivity contribution in [2.24, 2.45) is 11.8 Å². The van der Waals surface area contributed by atoms with E-state index in [1.54, 1.807) is 6.07 Å². The van der Waals surface area contributed by atoms with Crippen LogP contribution in [0.3, 0.4) is 0 Å². The summed E-state index contributed by atoms with van der Waals surface area (Å²) in [4.78, 5) is 21.4. The average molecular weight is 233 g/mol. The van der Waals surface area contributed by atoms with Gasteiger partial charge in [0, 0.05) is 25.1 Å². The Morgan fingerprint density at radius 2 is 1.94 bits per heavy atom. The van der Waals surface area contributed by atoms with E-state index < -0.39 is 0 Å². The first-order chi connectivity index (χ1) is 8.13. The number of nitrogens with zero attached hydrogens (tertiary/aromatic N) is 2. The third-order valence-corrected chi connectivity index (χ3v) is 4.02. The standard InChI is InChI=1S/C13H19N3O/c1-8-6-16(7-9(8)2)11-5-12(17)15-13(14-11)10-3-4-10/h5,8-10H,3-4,6-7H2,1-2H3,(H,14,15,17). The van der Waals surface area contributed by atoms with Crippen LogP contribution in [0.4, 0.5) is 5.82 Å². The minimum absolute atomic E-state index is 0.0101. The molecule has 92 valence electrons. The number of hydrogen-bond donors (Lipinski definition) is 1. The molecule has 2 unspecified atom stereocenters. The van der Waals surface area contributed by atoms with Crippen LogP contribution in [0.5, 0.6) is 0 Å². The molecule has 3 rings (SSSR count). The van der Waals surface area contributed by atoms with E-state index in [-0.39, 0.29) is 5.56 Å². The van der Waals surface area contributed by atoms with E-state index in [0.29, 0.717) is 17.8 Å². The van der Waals surface area contributed by atoms with Gasteiger partial charge in [0.2, 0.25) is 0 Å². The summed E-state index contributed by atoms with van der Waals surface area (Å²) in [7, 11) is 0. The molecule has 1 aliphatic carbocycles. The van der Waals surface area contributed by atoms with Gasteiger partial charge in [-0.3, -0.25) is 4.79 Å². The lowest BCUT2D eigenvalue weighted by atomic mass is 10.0. The van der Waals surface area contributed by atoms with Gasteiger partial charge in [0.15, 0.2) is 0 Å². The van der Waals surface area contributed by atoms with Gasteiger partial charge in [-0.05, 0) is 24.7 Å². The number of H-pyrrole nitrogens is 1. The first kappa shape index (κ1) is 10.8. The molecular weight excluding hydrogens is 214 g/mol. The van der Waals surface area contributed by atoms with Gasteiger partial charge in [0.05, 0.1) is 0 Å². The molecule has 1 aromatic heterocycles. The second kappa shape index (κ2) is 3.86. The Labute approximate surface area is 101 Å². The van der Waals surface area contributed by atoms with Crippen LogP contribution in [0, 0.1) is 11.8 Å². The summed E-state index contributed by atoms with van der Waals surface area (Å²) in [6.45, 7) is 6.56. The molecule has 4 heteroatoms. The zero-order chi connectivity index (χ0) is 12.0. The molecule has 0 radical (unpaired) electrons. The van der Waals surface area contributed by atoms with E-state index in [4.69, 9.17) is 0 Å². The van der Waals surface area contributed by atoms with Crippen LogP contribution in [0.25, 0.3) is 0 Å². The number of nitrogens with one attached hydrogen (secondary N) is 1. The van der Waals surface area contributed by atoms with Gasteiger partial charge < -0.3 is 9.88 Å². The van der Waals surface area contributed by atoms with Crippen LogP contribution in [0.1, 0.15) is 38.4 Å². The van der Waals surface area contributed by atoms with Crippen molar-refractivity contribution in [2.75, 3.05) is 18.0 Å². The summed E-state index contributed by atoms with van der Waals surface area (Å²) in [5.41, 5.74) is -0.0101. The molecule has 2 heterocycles. The molecular formula is C13H19N3O. The maximum absolute atomic E-state index is 11.6. The molecule has 1 aliphatic heterocycles. The van der Waals surface area contributed by atoms with Crippen molar-refractivity contribution in [1.82, 2.24) is 9.97 Å². The summed E-state index contributed by atoms with van der Waals surface area (Å²) in [5, 5.41) is 0. The van der Waals surface area contributed by atoms with Crippen LogP contribution in [0.2, 0.25) is 0 Å². The van der Waals surface area contributed by atoms with E-state index >= 15 is 0 Å². The molecule has 0 spiro atoms. The van der Waals surface area contributed by atoms with Crippen molar-refractivity contribution >= 4 is 5.82 Å². The fraction of sp³-hybridized carbons (Fsp3) is 0.692. The van der Waals surface area contributed by atoms with E-state index in [1.165, 1.54) is 12.8 Å². The summed E-state index contributed by atoms with van der Waals surface area (Å²) < 4.78 is 0. The first-order valence-electron chi connectivity index (χ1n) is 6.49. The van der Waals surface area contributed by atoms with Crippen LogP contribution < -0.4 is 10.5 Å². The minimum atomic E-state index is -0.0101. The third kappa shape index (κ3) is 2.08. The molecule has 17 heavy (non-hydrogen) atoms. The highest BCUT2D eigenvalue weighted by Gasteiger charge is 2.30. The predicted octanol–water partition coefficient (Wildman–Crippen LogP) is 1.74. The van der Waals surface area contributed by atoms with E-state index in [2.05, 4.69) is 28.7 Å². The molecule has 2 aliphatic rings. The van der Waals surface area contributed by atoms with Gasteiger partial charge >= 0.3 is 0 Å². The largest absolute Gasteiger partial charge is 0.356 e. The van der Waals surface area contributed by atoms with Gasteiger partial charge in [-0.2, -0.15) is 0 Å². The van der Waals surface area contributed by atoms with Crippen molar-refractivity contribution in [2.45, 2.75) is 32.6 Å². The normalized spacial score (nSPS) is 28.7. The molecule has 4 nitrogen and oxygen atoms in total. The van der Waals surface area contributed by atoms with Crippen molar-refractivity contribution < 1.29 is 0 Å². The molecule has 1 aromatic rings. The molecule has 2 atom stereocenters. The SMILES string of the molecule is CC1CN(c2cc(=O)[nH]c(C3CC3)n2)CC1C. The van der Waals surface area contributed by atoms with Gasteiger partial charge in [0.25, 0.3) is 5.56 Å². The fourth-order valence-electron chi connectivity index (χ4n) is 2.49. The summed E-state index contributed by atoms with van der Waals surface area (Å²) in [6.07, 6.45) is 2.33. The smallest absolute Gasteiger partial charge is 0.252 e. The Kier molecular flexibility index (Phi) is 2.45. The summed E-state index contributed by atoms with van der Waals surface area (Å²) >= 11 is 0. The molecule has 1 saturated carbocycles. The van der Waals surface area contributed by atoms with Crippen LogP contribution >= 0.6 is 0 Å². The van der Waals surface area contributed by atoms with Gasteiger partial charge in [-0.25, -0.2) is 4.98 Å². The van der Waals surface area contributed by atoms with E-state index in [0.717, 1.165) is 24.7 Å². The zero-order valence-electron chi connectivity index (χ0n) is 10.4. The highest BCUT2D eigenvalue weighted by Crippen LogP contribution is 2.38. The Balaban J connectivity index is 1.89. The van der Waals surface area contributed by atoms with Gasteiger partial charge in [0.1, 0.15) is 11.6 Å². The van der Waals surface area contributed by atoms with Crippen LogP contribution in [-0.2, 0) is 0 Å². The number of aromatic amines is 1. The highest BCUT2D eigenvalue weighted by molar-refractivity contribution is 5.39. The van der Waals surface area contributed by atoms with E-state index in [1.807, 2.05) is 0 Å². The molecule has 0 aromatic carbocycles. The van der Waals surface area contributed by atoms with Crippen LogP contribution in [-0.4, -0.2) is 23.1 Å².